The Hall–Kier alpha value is -3.28. The quantitative estimate of drug-likeness (QED) is 0.373. The number of hydrogen-bond acceptors (Lipinski definition) is 9. The summed E-state index contributed by atoms with van der Waals surface area (Å²) in [5.41, 5.74) is 1.24. The maximum Gasteiger partial charge on any atom is 0.350 e. The number of halogens is 1. The molecule has 4 heterocycles. The van der Waals surface area contributed by atoms with E-state index in [0.29, 0.717) is 30.1 Å². The SMILES string of the molecule is Cc1nnc(N2CCN(c3ccc(-n4cnn(CCC[C@@H](O)c5ccc(Cl)cc5)c4=O)cn3)CC2)s1. The lowest BCUT2D eigenvalue weighted by atomic mass is 10.1. The first-order valence-electron chi connectivity index (χ1n) is 11.8. The molecule has 1 aliphatic heterocycles. The molecule has 0 radical (unpaired) electrons. The number of pyridine rings is 1. The van der Waals surface area contributed by atoms with Crippen LogP contribution in [0, 0.1) is 6.92 Å². The monoisotopic (exact) mass is 526 g/mol. The van der Waals surface area contributed by atoms with Crippen LogP contribution in [0.1, 0.15) is 29.5 Å². The summed E-state index contributed by atoms with van der Waals surface area (Å²) in [7, 11) is 0. The average molecular weight is 527 g/mol. The highest BCUT2D eigenvalue weighted by molar-refractivity contribution is 7.15. The molecule has 10 nitrogen and oxygen atoms in total. The van der Waals surface area contributed by atoms with Gasteiger partial charge in [0.1, 0.15) is 17.2 Å². The van der Waals surface area contributed by atoms with E-state index in [-0.39, 0.29) is 5.69 Å². The predicted molar refractivity (Wildman–Crippen MR) is 140 cm³/mol. The van der Waals surface area contributed by atoms with E-state index >= 15 is 0 Å². The highest BCUT2D eigenvalue weighted by Crippen LogP contribution is 2.23. The van der Waals surface area contributed by atoms with Gasteiger partial charge < -0.3 is 14.9 Å². The summed E-state index contributed by atoms with van der Waals surface area (Å²) in [6.45, 7) is 5.77. The van der Waals surface area contributed by atoms with Gasteiger partial charge in [0.25, 0.3) is 0 Å². The number of aliphatic hydroxyl groups excluding tert-OH is 1. The summed E-state index contributed by atoms with van der Waals surface area (Å²) in [5, 5.41) is 25.5. The Morgan fingerprint density at radius 3 is 2.47 bits per heavy atom. The maximum absolute atomic E-state index is 12.8. The Morgan fingerprint density at radius 1 is 1.06 bits per heavy atom. The van der Waals surface area contributed by atoms with E-state index in [1.807, 2.05) is 31.2 Å². The smallest absolute Gasteiger partial charge is 0.350 e. The van der Waals surface area contributed by atoms with Gasteiger partial charge in [0.2, 0.25) is 5.13 Å². The molecule has 0 spiro atoms. The predicted octanol–water partition coefficient (Wildman–Crippen LogP) is 3.08. The molecule has 1 aromatic carbocycles. The summed E-state index contributed by atoms with van der Waals surface area (Å²) in [6, 6.07) is 11.0. The zero-order valence-electron chi connectivity index (χ0n) is 19.9. The third-order valence-electron chi connectivity index (χ3n) is 6.24. The number of aromatic nitrogens is 6. The average Bonchev–Trinajstić information content (AvgIpc) is 3.50. The van der Waals surface area contributed by atoms with Gasteiger partial charge in [0.05, 0.1) is 18.0 Å². The van der Waals surface area contributed by atoms with Crippen LogP contribution in [0.4, 0.5) is 10.9 Å². The van der Waals surface area contributed by atoms with Crippen LogP contribution in [-0.2, 0) is 6.54 Å². The molecule has 4 aromatic rings. The summed E-state index contributed by atoms with van der Waals surface area (Å²) in [6.07, 6.45) is 3.73. The van der Waals surface area contributed by atoms with Crippen LogP contribution in [0.5, 0.6) is 0 Å². The molecule has 12 heteroatoms. The lowest BCUT2D eigenvalue weighted by molar-refractivity contribution is 0.162. The third kappa shape index (κ3) is 5.43. The van der Waals surface area contributed by atoms with Crippen LogP contribution >= 0.6 is 22.9 Å². The minimum atomic E-state index is -0.610. The van der Waals surface area contributed by atoms with Crippen molar-refractivity contribution in [3.8, 4) is 5.69 Å². The molecule has 3 aromatic heterocycles. The van der Waals surface area contributed by atoms with E-state index in [1.54, 1.807) is 29.7 Å². The van der Waals surface area contributed by atoms with E-state index in [2.05, 4.69) is 30.1 Å². The molecule has 1 N–H and O–H groups in total. The van der Waals surface area contributed by atoms with Crippen molar-refractivity contribution in [3.63, 3.8) is 0 Å². The Bertz CT molecular complexity index is 1340. The molecule has 1 fully saturated rings. The first kappa shape index (κ1) is 24.4. The van der Waals surface area contributed by atoms with Crippen LogP contribution in [0.25, 0.3) is 5.69 Å². The summed E-state index contributed by atoms with van der Waals surface area (Å²) in [4.78, 5) is 21.9. The molecule has 0 aliphatic carbocycles. The molecule has 1 saturated heterocycles. The molecule has 188 valence electrons. The molecule has 1 aliphatic rings. The minimum absolute atomic E-state index is 0.230. The summed E-state index contributed by atoms with van der Waals surface area (Å²) >= 11 is 7.52. The Labute approximate surface area is 217 Å². The number of nitrogens with zero attached hydrogens (tertiary/aromatic N) is 8. The van der Waals surface area contributed by atoms with E-state index < -0.39 is 6.10 Å². The van der Waals surface area contributed by atoms with Gasteiger partial charge in [0, 0.05) is 37.7 Å². The lowest BCUT2D eigenvalue weighted by Gasteiger charge is -2.35. The van der Waals surface area contributed by atoms with E-state index in [4.69, 9.17) is 11.6 Å². The number of aryl methyl sites for hydroxylation is 2. The number of rotatable bonds is 8. The van der Waals surface area contributed by atoms with E-state index in [9.17, 15) is 9.90 Å². The first-order chi connectivity index (χ1) is 17.5. The van der Waals surface area contributed by atoms with Gasteiger partial charge in [-0.2, -0.15) is 5.10 Å². The summed E-state index contributed by atoms with van der Waals surface area (Å²) < 4.78 is 2.90. The van der Waals surface area contributed by atoms with Crippen LogP contribution in [0.3, 0.4) is 0 Å². The molecule has 0 amide bonds. The van der Waals surface area contributed by atoms with Crippen molar-refractivity contribution in [1.82, 2.24) is 29.5 Å². The van der Waals surface area contributed by atoms with Crippen molar-refractivity contribution in [1.29, 1.82) is 0 Å². The standard InChI is InChI=1S/C24H27ClN8O2S/c1-17-28-29-23(36-17)31-13-11-30(12-14-31)22-9-8-20(15-26-22)32-16-27-33(24(32)35)10-2-3-21(34)18-4-6-19(25)7-5-18/h4-9,15-16,21,34H,2-3,10-14H2,1H3/t21-/m1/s1. The number of benzene rings is 1. The van der Waals surface area contributed by atoms with Gasteiger partial charge in [-0.05, 0) is 49.6 Å². The highest BCUT2D eigenvalue weighted by Gasteiger charge is 2.21. The second kappa shape index (κ2) is 10.8. The zero-order chi connectivity index (χ0) is 25.1. The molecule has 5 rings (SSSR count). The maximum atomic E-state index is 12.8. The molecule has 36 heavy (non-hydrogen) atoms. The molecular formula is C24H27ClN8O2S. The second-order valence-corrected chi connectivity index (χ2v) is 10.3. The van der Waals surface area contributed by atoms with Crippen LogP contribution in [0.15, 0.2) is 53.7 Å². The number of aliphatic hydroxyl groups is 1. The topological polar surface area (TPSA) is 105 Å². The first-order valence-corrected chi connectivity index (χ1v) is 13.0. The lowest BCUT2D eigenvalue weighted by Crippen LogP contribution is -2.46. The van der Waals surface area contributed by atoms with Crippen LogP contribution in [0.2, 0.25) is 5.02 Å². The normalized spacial score (nSPS) is 14.9. The van der Waals surface area contributed by atoms with Gasteiger partial charge in [-0.25, -0.2) is 19.0 Å². The molecule has 0 unspecified atom stereocenters. The fourth-order valence-electron chi connectivity index (χ4n) is 4.20. The van der Waals surface area contributed by atoms with Crippen molar-refractivity contribution < 1.29 is 5.11 Å². The second-order valence-electron chi connectivity index (χ2n) is 8.67. The van der Waals surface area contributed by atoms with E-state index in [0.717, 1.165) is 47.7 Å². The van der Waals surface area contributed by atoms with Crippen molar-refractivity contribution in [2.75, 3.05) is 36.0 Å². The van der Waals surface area contributed by atoms with Gasteiger partial charge in [-0.15, -0.1) is 10.2 Å². The fraction of sp³-hybridized carbons (Fsp3) is 0.375. The Balaban J connectivity index is 1.16. The van der Waals surface area contributed by atoms with Crippen molar-refractivity contribution in [2.45, 2.75) is 32.4 Å². The largest absolute Gasteiger partial charge is 0.388 e. The molecule has 0 saturated carbocycles. The van der Waals surface area contributed by atoms with Gasteiger partial charge in [0.15, 0.2) is 0 Å². The number of piperazine rings is 1. The summed E-state index contributed by atoms with van der Waals surface area (Å²) in [5.74, 6) is 0.878. The van der Waals surface area contributed by atoms with Gasteiger partial charge in [-0.1, -0.05) is 35.1 Å². The van der Waals surface area contributed by atoms with Gasteiger partial charge >= 0.3 is 5.69 Å². The molecular weight excluding hydrogens is 500 g/mol. The Morgan fingerprint density at radius 2 is 1.81 bits per heavy atom. The van der Waals surface area contributed by atoms with E-state index in [1.165, 1.54) is 15.6 Å². The third-order valence-corrected chi connectivity index (χ3v) is 7.39. The fourth-order valence-corrected chi connectivity index (χ4v) is 5.07. The van der Waals surface area contributed by atoms with Gasteiger partial charge in [-0.3, -0.25) is 0 Å². The molecule has 0 bridgehead atoms. The zero-order valence-corrected chi connectivity index (χ0v) is 21.4. The van der Waals surface area contributed by atoms with Crippen molar-refractivity contribution >= 4 is 33.9 Å². The minimum Gasteiger partial charge on any atom is -0.388 e. The molecule has 1 atom stereocenters. The van der Waals surface area contributed by atoms with Crippen LogP contribution in [-0.4, -0.2) is 60.8 Å². The highest BCUT2D eigenvalue weighted by atomic mass is 35.5. The van der Waals surface area contributed by atoms with Crippen molar-refractivity contribution in [2.24, 2.45) is 0 Å². The number of anilines is 2. The Kier molecular flexibility index (Phi) is 7.30. The number of hydrogen-bond donors (Lipinski definition) is 1. The van der Waals surface area contributed by atoms with Crippen molar-refractivity contribution in [3.05, 3.63) is 75.0 Å². The van der Waals surface area contributed by atoms with Crippen LogP contribution < -0.4 is 15.5 Å².